The number of nitrogens with zero attached hydrogens (tertiary/aromatic N) is 2. The number of aliphatic hydroxyl groups is 1. The molecule has 0 aromatic heterocycles. The highest BCUT2D eigenvalue weighted by molar-refractivity contribution is 5.81. The van der Waals surface area contributed by atoms with Crippen LogP contribution in [0.3, 0.4) is 0 Å². The molecule has 0 spiro atoms. The Hall–Kier alpha value is -1.18. The first kappa shape index (κ1) is 15.2. The number of carbonyl (C=O) groups is 2. The van der Waals surface area contributed by atoms with Gasteiger partial charge in [0.1, 0.15) is 0 Å². The Morgan fingerprint density at radius 1 is 1.55 bits per heavy atom. The molecule has 2 fully saturated rings. The highest BCUT2D eigenvalue weighted by Gasteiger charge is 2.52. The molecular formula is C13H22N2O5. The van der Waals surface area contributed by atoms with E-state index in [1.54, 1.807) is 14.0 Å². The van der Waals surface area contributed by atoms with Crippen molar-refractivity contribution in [3.8, 4) is 0 Å². The summed E-state index contributed by atoms with van der Waals surface area (Å²) in [5, 5.41) is 12.9. The number of aliphatic hydroxyl groups excluding tert-OH is 1. The minimum absolute atomic E-state index is 0.141. The fourth-order valence-electron chi connectivity index (χ4n) is 2.58. The molecule has 2 aliphatic heterocycles. The lowest BCUT2D eigenvalue weighted by atomic mass is 10.0. The van der Waals surface area contributed by atoms with Crippen molar-refractivity contribution in [3.63, 3.8) is 0 Å². The molecule has 7 heteroatoms. The van der Waals surface area contributed by atoms with Gasteiger partial charge in [-0.3, -0.25) is 9.80 Å². The summed E-state index contributed by atoms with van der Waals surface area (Å²) in [5.74, 6) is -0.651. The molecule has 0 saturated carbocycles. The van der Waals surface area contributed by atoms with Crippen molar-refractivity contribution in [1.29, 1.82) is 0 Å². The van der Waals surface area contributed by atoms with Gasteiger partial charge in [-0.2, -0.15) is 5.01 Å². The van der Waals surface area contributed by atoms with Crippen LogP contribution >= 0.6 is 0 Å². The number of hydrogen-bond donors (Lipinski definition) is 1. The van der Waals surface area contributed by atoms with E-state index < -0.39 is 30.4 Å². The third-order valence-corrected chi connectivity index (χ3v) is 3.83. The first-order chi connectivity index (χ1) is 9.47. The molecule has 7 nitrogen and oxygen atoms in total. The van der Waals surface area contributed by atoms with Crippen molar-refractivity contribution in [2.75, 3.05) is 13.7 Å². The van der Waals surface area contributed by atoms with E-state index in [1.807, 2.05) is 6.92 Å². The van der Waals surface area contributed by atoms with Crippen molar-refractivity contribution < 1.29 is 24.2 Å². The second-order valence-corrected chi connectivity index (χ2v) is 5.27. The molecule has 2 rings (SSSR count). The van der Waals surface area contributed by atoms with E-state index >= 15 is 0 Å². The normalized spacial score (nSPS) is 34.2. The molecule has 2 aliphatic rings. The maximum Gasteiger partial charge on any atom is 0.352 e. The molecule has 0 radical (unpaired) electrons. The van der Waals surface area contributed by atoms with Crippen molar-refractivity contribution >= 4 is 11.9 Å². The Balaban J connectivity index is 2.11. The molecule has 0 aliphatic carbocycles. The van der Waals surface area contributed by atoms with Gasteiger partial charge in [0.2, 0.25) is 12.1 Å². The number of esters is 1. The predicted octanol–water partition coefficient (Wildman–Crippen LogP) is -0.117. The van der Waals surface area contributed by atoms with Gasteiger partial charge < -0.3 is 14.6 Å². The quantitative estimate of drug-likeness (QED) is 0.573. The van der Waals surface area contributed by atoms with Crippen LogP contribution in [0, 0.1) is 0 Å². The van der Waals surface area contributed by atoms with E-state index in [0.29, 0.717) is 6.61 Å². The van der Waals surface area contributed by atoms with E-state index in [4.69, 9.17) is 9.47 Å². The van der Waals surface area contributed by atoms with Crippen LogP contribution in [-0.2, 0) is 19.1 Å². The lowest BCUT2D eigenvalue weighted by Gasteiger charge is -2.43. The molecule has 1 amide bonds. The minimum Gasteiger partial charge on any atom is -0.463 e. The number of unbranched alkanes of at least 4 members (excludes halogenated alkanes) is 1. The number of hydrogen-bond acceptors (Lipinski definition) is 6. The van der Waals surface area contributed by atoms with Crippen LogP contribution in [0.5, 0.6) is 0 Å². The van der Waals surface area contributed by atoms with Gasteiger partial charge in [-0.25, -0.2) is 4.79 Å². The van der Waals surface area contributed by atoms with E-state index in [1.165, 1.54) is 10.0 Å². The average molecular weight is 286 g/mol. The maximum atomic E-state index is 12.1. The second-order valence-electron chi connectivity index (χ2n) is 5.27. The Kier molecular flexibility index (Phi) is 4.62. The third-order valence-electron chi connectivity index (χ3n) is 3.83. The highest BCUT2D eigenvalue weighted by Crippen LogP contribution is 2.31. The zero-order chi connectivity index (χ0) is 14.9. The third kappa shape index (κ3) is 2.65. The van der Waals surface area contributed by atoms with Crippen LogP contribution in [0.2, 0.25) is 0 Å². The Morgan fingerprint density at radius 2 is 2.25 bits per heavy atom. The van der Waals surface area contributed by atoms with Gasteiger partial charge >= 0.3 is 5.97 Å². The zero-order valence-electron chi connectivity index (χ0n) is 12.1. The van der Waals surface area contributed by atoms with Crippen molar-refractivity contribution in [2.45, 2.75) is 57.6 Å². The Labute approximate surface area is 118 Å². The molecular weight excluding hydrogens is 264 g/mol. The van der Waals surface area contributed by atoms with Gasteiger partial charge in [0, 0.05) is 13.5 Å². The summed E-state index contributed by atoms with van der Waals surface area (Å²) < 4.78 is 10.7. The van der Waals surface area contributed by atoms with Gasteiger partial charge in [-0.05, 0) is 13.3 Å². The molecule has 0 aromatic carbocycles. The van der Waals surface area contributed by atoms with E-state index in [-0.39, 0.29) is 12.3 Å². The number of fused-ring (bicyclic) bond motifs is 1. The molecule has 20 heavy (non-hydrogen) atoms. The molecule has 4 atom stereocenters. The van der Waals surface area contributed by atoms with Gasteiger partial charge in [0.05, 0.1) is 24.9 Å². The molecule has 2 heterocycles. The van der Waals surface area contributed by atoms with Crippen LogP contribution in [0.1, 0.15) is 33.1 Å². The van der Waals surface area contributed by atoms with Crippen LogP contribution < -0.4 is 0 Å². The summed E-state index contributed by atoms with van der Waals surface area (Å²) in [4.78, 5) is 23.9. The summed E-state index contributed by atoms with van der Waals surface area (Å²) in [6.45, 7) is 4.03. The van der Waals surface area contributed by atoms with E-state index in [0.717, 1.165) is 12.8 Å². The minimum atomic E-state index is -0.966. The lowest BCUT2D eigenvalue weighted by molar-refractivity contribution is -0.250. The zero-order valence-corrected chi connectivity index (χ0v) is 12.1. The first-order valence-electron chi connectivity index (χ1n) is 7.02. The lowest BCUT2D eigenvalue weighted by Crippen LogP contribution is -2.62. The van der Waals surface area contributed by atoms with Crippen LogP contribution in [0.15, 0.2) is 0 Å². The van der Waals surface area contributed by atoms with Gasteiger partial charge in [0.25, 0.3) is 0 Å². The van der Waals surface area contributed by atoms with Crippen LogP contribution in [0.25, 0.3) is 0 Å². The van der Waals surface area contributed by atoms with Gasteiger partial charge in [-0.1, -0.05) is 13.3 Å². The molecule has 0 bridgehead atoms. The molecule has 0 aromatic rings. The Morgan fingerprint density at radius 3 is 2.90 bits per heavy atom. The monoisotopic (exact) mass is 286 g/mol. The second kappa shape index (κ2) is 6.07. The van der Waals surface area contributed by atoms with Crippen molar-refractivity contribution in [2.24, 2.45) is 0 Å². The van der Waals surface area contributed by atoms with E-state index in [2.05, 4.69) is 0 Å². The summed E-state index contributed by atoms with van der Waals surface area (Å²) in [6, 6.07) is -0.431. The molecule has 2 saturated heterocycles. The number of carbonyl (C=O) groups excluding carboxylic acids is 2. The van der Waals surface area contributed by atoms with Crippen molar-refractivity contribution in [3.05, 3.63) is 0 Å². The number of rotatable bonds is 4. The largest absolute Gasteiger partial charge is 0.463 e. The van der Waals surface area contributed by atoms with Crippen molar-refractivity contribution in [1.82, 2.24) is 10.0 Å². The van der Waals surface area contributed by atoms with Crippen LogP contribution in [0.4, 0.5) is 0 Å². The summed E-state index contributed by atoms with van der Waals surface area (Å²) in [7, 11) is 1.57. The average Bonchev–Trinajstić information content (AvgIpc) is 2.71. The number of ether oxygens (including phenoxy) is 2. The Bertz CT molecular complexity index is 389. The van der Waals surface area contributed by atoms with E-state index in [9.17, 15) is 14.7 Å². The fourth-order valence-corrected chi connectivity index (χ4v) is 2.58. The molecule has 114 valence electrons. The standard InChI is InChI=1S/C13H22N2O5/c1-4-5-6-19-13(18)12-15-9(7-10(16)14(15)3)11(17)8(2)20-12/h8-9,11-12,17H,4-7H2,1-3H3/t8-,9-,11-,12-/m0/s1. The summed E-state index contributed by atoms with van der Waals surface area (Å²) in [5.41, 5.74) is 0. The summed E-state index contributed by atoms with van der Waals surface area (Å²) >= 11 is 0. The predicted molar refractivity (Wildman–Crippen MR) is 69.2 cm³/mol. The first-order valence-corrected chi connectivity index (χ1v) is 7.02. The maximum absolute atomic E-state index is 12.1. The highest BCUT2D eigenvalue weighted by atomic mass is 16.6. The fraction of sp³-hybridized carbons (Fsp3) is 0.846. The molecule has 0 unspecified atom stereocenters. The number of hydrazine groups is 1. The smallest absolute Gasteiger partial charge is 0.352 e. The van der Waals surface area contributed by atoms with Gasteiger partial charge in [-0.15, -0.1) is 0 Å². The molecule has 1 N–H and O–H groups in total. The summed E-state index contributed by atoms with van der Waals surface area (Å²) in [6.07, 6.45) is -0.382. The topological polar surface area (TPSA) is 79.3 Å². The SMILES string of the molecule is CCCCOC(=O)[C@@H]1O[C@@H](C)[C@H](O)[C@@H]2CC(=O)N(C)N12. The van der Waals surface area contributed by atoms with Gasteiger partial charge in [0.15, 0.2) is 0 Å². The van der Waals surface area contributed by atoms with Crippen LogP contribution in [-0.4, -0.2) is 65.1 Å². The number of amides is 1.